The maximum Gasteiger partial charge on any atom is 0.266 e. The second kappa shape index (κ2) is 4.72. The van der Waals surface area contributed by atoms with E-state index < -0.39 is 10.0 Å². The lowest BCUT2D eigenvalue weighted by Crippen LogP contribution is -2.40. The number of fused-ring (bicyclic) bond motifs is 1. The smallest absolute Gasteiger partial charge is 0.266 e. The van der Waals surface area contributed by atoms with Crippen LogP contribution in [0.3, 0.4) is 0 Å². The first-order chi connectivity index (χ1) is 8.13. The summed E-state index contributed by atoms with van der Waals surface area (Å²) in [7, 11) is -3.53. The predicted octanol–water partition coefficient (Wildman–Crippen LogP) is 0.129. The highest BCUT2D eigenvalue weighted by Gasteiger charge is 2.25. The summed E-state index contributed by atoms with van der Waals surface area (Å²) >= 11 is 0. The molecule has 0 aromatic heterocycles. The number of aliphatic hydroxyl groups is 1. The van der Waals surface area contributed by atoms with Gasteiger partial charge in [0.05, 0.1) is 5.69 Å². The zero-order valence-corrected chi connectivity index (χ0v) is 9.87. The second-order valence-corrected chi connectivity index (χ2v) is 5.18. The van der Waals surface area contributed by atoms with Crippen LogP contribution in [-0.2, 0) is 10.0 Å². The SMILES string of the molecule is O=S1(=O)NC(=NCCCO)Nc2ccccc21. The summed E-state index contributed by atoms with van der Waals surface area (Å²) in [5.74, 6) is 0.192. The number of para-hydroxylation sites is 1. The Hall–Kier alpha value is -1.60. The average Bonchev–Trinajstić information content (AvgIpc) is 2.29. The fourth-order valence-electron chi connectivity index (χ4n) is 1.47. The number of hydrogen-bond acceptors (Lipinski definition) is 4. The minimum absolute atomic E-state index is 0.0279. The van der Waals surface area contributed by atoms with Crippen LogP contribution in [0.25, 0.3) is 0 Å². The number of aliphatic hydroxyl groups excluding tert-OH is 1. The summed E-state index contributed by atoms with van der Waals surface area (Å²) in [5.41, 5.74) is 0.508. The number of aliphatic imine (C=N–C) groups is 1. The van der Waals surface area contributed by atoms with Gasteiger partial charge in [-0.25, -0.2) is 13.1 Å². The quantitative estimate of drug-likeness (QED) is 0.669. The predicted molar refractivity (Wildman–Crippen MR) is 64.4 cm³/mol. The zero-order chi connectivity index (χ0) is 12.3. The summed E-state index contributed by atoms with van der Waals surface area (Å²) < 4.78 is 26.0. The van der Waals surface area contributed by atoms with Crippen LogP contribution < -0.4 is 10.0 Å². The second-order valence-electron chi connectivity index (χ2n) is 3.53. The first-order valence-electron chi connectivity index (χ1n) is 5.17. The van der Waals surface area contributed by atoms with E-state index in [2.05, 4.69) is 15.0 Å². The van der Waals surface area contributed by atoms with E-state index in [0.29, 0.717) is 18.7 Å². The molecule has 0 aliphatic carbocycles. The third kappa shape index (κ3) is 2.56. The summed E-state index contributed by atoms with van der Waals surface area (Å²) in [6.07, 6.45) is 0.495. The van der Waals surface area contributed by atoms with Gasteiger partial charge in [0.1, 0.15) is 4.90 Å². The summed E-state index contributed by atoms with van der Waals surface area (Å²) in [6.45, 7) is 0.392. The average molecular weight is 255 g/mol. The van der Waals surface area contributed by atoms with Gasteiger partial charge in [0.25, 0.3) is 10.0 Å². The van der Waals surface area contributed by atoms with Crippen LogP contribution >= 0.6 is 0 Å². The van der Waals surface area contributed by atoms with Crippen LogP contribution in [0.4, 0.5) is 5.69 Å². The number of nitrogens with one attached hydrogen (secondary N) is 2. The van der Waals surface area contributed by atoms with Crippen molar-refractivity contribution in [3.05, 3.63) is 24.3 Å². The number of sulfonamides is 1. The van der Waals surface area contributed by atoms with E-state index >= 15 is 0 Å². The highest BCUT2D eigenvalue weighted by atomic mass is 32.2. The fraction of sp³-hybridized carbons (Fsp3) is 0.300. The van der Waals surface area contributed by atoms with Gasteiger partial charge in [-0.3, -0.25) is 4.99 Å². The van der Waals surface area contributed by atoms with Gasteiger partial charge in [0.15, 0.2) is 0 Å². The molecule has 17 heavy (non-hydrogen) atoms. The van der Waals surface area contributed by atoms with E-state index in [1.165, 1.54) is 6.07 Å². The van der Waals surface area contributed by atoms with Crippen molar-refractivity contribution in [2.75, 3.05) is 18.5 Å². The van der Waals surface area contributed by atoms with Crippen molar-refractivity contribution in [3.63, 3.8) is 0 Å². The lowest BCUT2D eigenvalue weighted by atomic mass is 10.3. The molecular weight excluding hydrogens is 242 g/mol. The monoisotopic (exact) mass is 255 g/mol. The molecule has 0 spiro atoms. The van der Waals surface area contributed by atoms with Crippen molar-refractivity contribution in [1.82, 2.24) is 4.72 Å². The van der Waals surface area contributed by atoms with E-state index in [1.807, 2.05) is 0 Å². The molecule has 0 unspecified atom stereocenters. The zero-order valence-electron chi connectivity index (χ0n) is 9.05. The van der Waals surface area contributed by atoms with Crippen LogP contribution in [0.1, 0.15) is 6.42 Å². The highest BCUT2D eigenvalue weighted by molar-refractivity contribution is 7.90. The normalized spacial score (nSPS) is 19.2. The van der Waals surface area contributed by atoms with Crippen molar-refractivity contribution in [2.24, 2.45) is 4.99 Å². The molecule has 0 bridgehead atoms. The van der Waals surface area contributed by atoms with Crippen LogP contribution in [0, 0.1) is 0 Å². The van der Waals surface area contributed by atoms with E-state index in [1.54, 1.807) is 18.2 Å². The minimum Gasteiger partial charge on any atom is -0.396 e. The fourth-order valence-corrected chi connectivity index (χ4v) is 2.62. The lowest BCUT2D eigenvalue weighted by Gasteiger charge is -2.21. The Bertz CT molecular complexity index is 539. The molecule has 0 fully saturated rings. The van der Waals surface area contributed by atoms with E-state index in [-0.39, 0.29) is 17.5 Å². The van der Waals surface area contributed by atoms with Gasteiger partial charge in [0.2, 0.25) is 5.96 Å². The first kappa shape index (κ1) is 11.9. The highest BCUT2D eigenvalue weighted by Crippen LogP contribution is 2.23. The Kier molecular flexibility index (Phi) is 3.30. The number of guanidine groups is 1. The summed E-state index contributed by atoms with van der Waals surface area (Å²) in [5, 5.41) is 11.5. The van der Waals surface area contributed by atoms with Gasteiger partial charge >= 0.3 is 0 Å². The maximum atomic E-state index is 11.8. The Morgan fingerprint density at radius 1 is 1.29 bits per heavy atom. The third-order valence-corrected chi connectivity index (χ3v) is 3.64. The maximum absolute atomic E-state index is 11.8. The molecule has 1 aromatic carbocycles. The van der Waals surface area contributed by atoms with Gasteiger partial charge in [-0.1, -0.05) is 12.1 Å². The molecule has 92 valence electrons. The summed E-state index contributed by atoms with van der Waals surface area (Å²) in [4.78, 5) is 4.23. The van der Waals surface area contributed by atoms with Crippen molar-refractivity contribution in [3.8, 4) is 0 Å². The number of benzene rings is 1. The van der Waals surface area contributed by atoms with Crippen molar-refractivity contribution in [2.45, 2.75) is 11.3 Å². The molecule has 1 aliphatic heterocycles. The standard InChI is InChI=1S/C10H13N3O3S/c14-7-3-6-11-10-12-8-4-1-2-5-9(8)17(15,16)13-10/h1-2,4-5,14H,3,6-7H2,(H2,11,12,13). The minimum atomic E-state index is -3.53. The molecule has 0 amide bonds. The molecule has 0 saturated heterocycles. The molecule has 3 N–H and O–H groups in total. The Labute approximate surface area is 99.4 Å². The Balaban J connectivity index is 2.29. The third-order valence-electron chi connectivity index (χ3n) is 2.25. The van der Waals surface area contributed by atoms with Gasteiger partial charge in [-0.05, 0) is 18.6 Å². The molecule has 0 atom stereocenters. The molecule has 0 radical (unpaired) electrons. The topological polar surface area (TPSA) is 90.8 Å². The van der Waals surface area contributed by atoms with E-state index in [4.69, 9.17) is 5.11 Å². The van der Waals surface area contributed by atoms with Gasteiger partial charge in [0, 0.05) is 13.2 Å². The van der Waals surface area contributed by atoms with E-state index in [9.17, 15) is 8.42 Å². The largest absolute Gasteiger partial charge is 0.396 e. The molecule has 2 rings (SSSR count). The molecule has 1 aliphatic rings. The van der Waals surface area contributed by atoms with Gasteiger partial charge in [-0.15, -0.1) is 0 Å². The van der Waals surface area contributed by atoms with Crippen LogP contribution in [0.2, 0.25) is 0 Å². The number of anilines is 1. The van der Waals surface area contributed by atoms with Crippen molar-refractivity contribution < 1.29 is 13.5 Å². The van der Waals surface area contributed by atoms with E-state index in [0.717, 1.165) is 0 Å². The molecule has 6 nitrogen and oxygen atoms in total. The number of rotatable bonds is 3. The molecule has 7 heteroatoms. The Morgan fingerprint density at radius 3 is 2.82 bits per heavy atom. The van der Waals surface area contributed by atoms with Crippen LogP contribution in [0.15, 0.2) is 34.2 Å². The molecule has 1 aromatic rings. The van der Waals surface area contributed by atoms with Crippen molar-refractivity contribution in [1.29, 1.82) is 0 Å². The Morgan fingerprint density at radius 2 is 2.06 bits per heavy atom. The molecule has 0 saturated carbocycles. The molecule has 1 heterocycles. The summed E-state index contributed by atoms with van der Waals surface area (Å²) in [6, 6.07) is 6.61. The van der Waals surface area contributed by atoms with Gasteiger partial charge < -0.3 is 10.4 Å². The van der Waals surface area contributed by atoms with Crippen molar-refractivity contribution >= 4 is 21.7 Å². The number of hydrogen-bond donors (Lipinski definition) is 3. The molecular formula is C10H13N3O3S. The first-order valence-corrected chi connectivity index (χ1v) is 6.66. The number of nitrogens with zero attached hydrogens (tertiary/aromatic N) is 1. The van der Waals surface area contributed by atoms with Crippen LogP contribution in [-0.4, -0.2) is 32.6 Å². The lowest BCUT2D eigenvalue weighted by molar-refractivity contribution is 0.291. The van der Waals surface area contributed by atoms with Gasteiger partial charge in [-0.2, -0.15) is 0 Å². The van der Waals surface area contributed by atoms with Crippen LogP contribution in [0.5, 0.6) is 0 Å².